The van der Waals surface area contributed by atoms with Gasteiger partial charge in [-0.1, -0.05) is 23.7 Å². The molecule has 1 fully saturated rings. The molecule has 0 aliphatic carbocycles. The van der Waals surface area contributed by atoms with Crippen LogP contribution in [0.2, 0.25) is 5.02 Å². The first kappa shape index (κ1) is 19.9. The fourth-order valence-corrected chi connectivity index (χ4v) is 4.11. The number of aliphatic hydroxyl groups excluding tert-OH is 2. The Labute approximate surface area is 173 Å². The van der Waals surface area contributed by atoms with Crippen molar-refractivity contribution in [2.75, 3.05) is 18.1 Å². The minimum atomic E-state index is -0.717. The normalized spacial score (nSPS) is 20.3. The lowest BCUT2D eigenvalue weighted by molar-refractivity contribution is 0.0850. The summed E-state index contributed by atoms with van der Waals surface area (Å²) in [6.07, 6.45) is 5.53. The molecule has 8 nitrogen and oxygen atoms in total. The molecule has 1 unspecified atom stereocenters. The second kappa shape index (κ2) is 8.94. The van der Waals surface area contributed by atoms with Crippen molar-refractivity contribution in [1.29, 1.82) is 0 Å². The van der Waals surface area contributed by atoms with E-state index in [9.17, 15) is 5.11 Å². The van der Waals surface area contributed by atoms with E-state index in [1.807, 2.05) is 18.2 Å². The van der Waals surface area contributed by atoms with Gasteiger partial charge in [-0.25, -0.2) is 15.0 Å². The van der Waals surface area contributed by atoms with Crippen molar-refractivity contribution < 1.29 is 14.9 Å². The molecular formula is C20H24ClN5O3. The van der Waals surface area contributed by atoms with Crippen LogP contribution < -0.4 is 9.64 Å². The highest BCUT2D eigenvalue weighted by atomic mass is 35.5. The van der Waals surface area contributed by atoms with E-state index < -0.39 is 6.10 Å². The SMILES string of the molecule is OCC(O)CC[C@@H]1CC[C@H](COc2ccccc2Cl)N1c1ncnc2[nH]cnc12. The zero-order valence-corrected chi connectivity index (χ0v) is 16.7. The second-order valence-corrected chi connectivity index (χ2v) is 7.65. The van der Waals surface area contributed by atoms with Gasteiger partial charge in [0.25, 0.3) is 0 Å². The van der Waals surface area contributed by atoms with Gasteiger partial charge >= 0.3 is 0 Å². The molecule has 3 aromatic rings. The Morgan fingerprint density at radius 2 is 2.03 bits per heavy atom. The van der Waals surface area contributed by atoms with Crippen LogP contribution in [0.1, 0.15) is 25.7 Å². The summed E-state index contributed by atoms with van der Waals surface area (Å²) >= 11 is 6.23. The average molecular weight is 418 g/mol. The summed E-state index contributed by atoms with van der Waals surface area (Å²) in [5.41, 5.74) is 1.40. The smallest absolute Gasteiger partial charge is 0.162 e. The Hall–Kier alpha value is -2.42. The molecule has 3 atom stereocenters. The van der Waals surface area contributed by atoms with Crippen LogP contribution >= 0.6 is 11.6 Å². The molecule has 9 heteroatoms. The number of ether oxygens (including phenoxy) is 1. The van der Waals surface area contributed by atoms with Gasteiger partial charge in [0, 0.05) is 6.04 Å². The number of rotatable bonds is 8. The summed E-state index contributed by atoms with van der Waals surface area (Å²) in [5, 5.41) is 19.6. The number of para-hydroxylation sites is 1. The Bertz CT molecular complexity index is 953. The molecule has 0 spiro atoms. The van der Waals surface area contributed by atoms with Crippen LogP contribution in [-0.4, -0.2) is 61.6 Å². The van der Waals surface area contributed by atoms with Crippen molar-refractivity contribution in [1.82, 2.24) is 19.9 Å². The molecule has 154 valence electrons. The molecule has 3 heterocycles. The minimum Gasteiger partial charge on any atom is -0.490 e. The van der Waals surface area contributed by atoms with Crippen LogP contribution in [0.25, 0.3) is 11.2 Å². The largest absolute Gasteiger partial charge is 0.490 e. The topological polar surface area (TPSA) is 107 Å². The van der Waals surface area contributed by atoms with E-state index in [1.54, 1.807) is 12.4 Å². The van der Waals surface area contributed by atoms with Crippen LogP contribution in [-0.2, 0) is 0 Å². The van der Waals surface area contributed by atoms with Gasteiger partial charge < -0.3 is 24.8 Å². The molecule has 3 N–H and O–H groups in total. The third-order valence-electron chi connectivity index (χ3n) is 5.37. The van der Waals surface area contributed by atoms with E-state index in [-0.39, 0.29) is 18.7 Å². The van der Waals surface area contributed by atoms with Crippen LogP contribution in [0.5, 0.6) is 5.75 Å². The number of halogens is 1. The van der Waals surface area contributed by atoms with E-state index >= 15 is 0 Å². The van der Waals surface area contributed by atoms with Crippen molar-refractivity contribution in [2.45, 2.75) is 43.9 Å². The lowest BCUT2D eigenvalue weighted by Crippen LogP contribution is -2.40. The third-order valence-corrected chi connectivity index (χ3v) is 5.69. The summed E-state index contributed by atoms with van der Waals surface area (Å²) in [4.78, 5) is 18.4. The second-order valence-electron chi connectivity index (χ2n) is 7.24. The maximum atomic E-state index is 9.81. The van der Waals surface area contributed by atoms with Crippen LogP contribution in [0.15, 0.2) is 36.9 Å². The Balaban J connectivity index is 1.58. The number of aliphatic hydroxyl groups is 2. The Morgan fingerprint density at radius 1 is 1.21 bits per heavy atom. The lowest BCUT2D eigenvalue weighted by atomic mass is 10.1. The maximum Gasteiger partial charge on any atom is 0.162 e. The number of nitrogens with zero attached hydrogens (tertiary/aromatic N) is 4. The number of imidazole rings is 1. The van der Waals surface area contributed by atoms with Gasteiger partial charge in [0.05, 0.1) is 30.1 Å². The van der Waals surface area contributed by atoms with Crippen LogP contribution in [0.3, 0.4) is 0 Å². The first-order valence-electron chi connectivity index (χ1n) is 9.76. The number of hydrogen-bond acceptors (Lipinski definition) is 7. The van der Waals surface area contributed by atoms with E-state index in [2.05, 4.69) is 24.8 Å². The summed E-state index contributed by atoms with van der Waals surface area (Å²) < 4.78 is 6.03. The van der Waals surface area contributed by atoms with Crippen LogP contribution in [0, 0.1) is 0 Å². The summed E-state index contributed by atoms with van der Waals surface area (Å²) in [6.45, 7) is 0.224. The highest BCUT2D eigenvalue weighted by Gasteiger charge is 2.36. The highest BCUT2D eigenvalue weighted by Crippen LogP contribution is 2.35. The predicted octanol–water partition coefficient (Wildman–Crippen LogP) is 2.56. The molecule has 0 radical (unpaired) electrons. The van der Waals surface area contributed by atoms with Crippen molar-refractivity contribution in [3.05, 3.63) is 41.9 Å². The van der Waals surface area contributed by atoms with Gasteiger partial charge in [0.2, 0.25) is 0 Å². The minimum absolute atomic E-state index is 0.0809. The average Bonchev–Trinajstić information content (AvgIpc) is 3.38. The quantitative estimate of drug-likeness (QED) is 0.517. The molecule has 0 bridgehead atoms. The molecule has 4 rings (SSSR count). The monoisotopic (exact) mass is 417 g/mol. The highest BCUT2D eigenvalue weighted by molar-refractivity contribution is 6.32. The number of fused-ring (bicyclic) bond motifs is 1. The first-order valence-corrected chi connectivity index (χ1v) is 10.1. The molecule has 29 heavy (non-hydrogen) atoms. The molecule has 1 saturated heterocycles. The Kier molecular flexibility index (Phi) is 6.13. The zero-order valence-electron chi connectivity index (χ0n) is 15.9. The predicted molar refractivity (Wildman–Crippen MR) is 110 cm³/mol. The molecular weight excluding hydrogens is 394 g/mol. The van der Waals surface area contributed by atoms with E-state index in [0.717, 1.165) is 25.1 Å². The lowest BCUT2D eigenvalue weighted by Gasteiger charge is -2.32. The van der Waals surface area contributed by atoms with Crippen molar-refractivity contribution in [2.24, 2.45) is 0 Å². The molecule has 0 amide bonds. The summed E-state index contributed by atoms with van der Waals surface area (Å²) in [5.74, 6) is 1.41. The summed E-state index contributed by atoms with van der Waals surface area (Å²) in [6, 6.07) is 7.66. The van der Waals surface area contributed by atoms with Gasteiger partial charge in [-0.15, -0.1) is 0 Å². The Morgan fingerprint density at radius 3 is 2.86 bits per heavy atom. The molecule has 2 aromatic heterocycles. The van der Waals surface area contributed by atoms with Gasteiger partial charge in [-0.3, -0.25) is 0 Å². The van der Waals surface area contributed by atoms with E-state index in [0.29, 0.717) is 35.0 Å². The fourth-order valence-electron chi connectivity index (χ4n) is 3.92. The number of anilines is 1. The number of aromatic amines is 1. The van der Waals surface area contributed by atoms with E-state index in [4.69, 9.17) is 21.4 Å². The van der Waals surface area contributed by atoms with Crippen molar-refractivity contribution in [3.63, 3.8) is 0 Å². The third kappa shape index (κ3) is 4.29. The van der Waals surface area contributed by atoms with E-state index in [1.165, 1.54) is 6.33 Å². The fraction of sp³-hybridized carbons (Fsp3) is 0.450. The van der Waals surface area contributed by atoms with Crippen LogP contribution in [0.4, 0.5) is 5.82 Å². The number of H-pyrrole nitrogens is 1. The molecule has 1 aromatic carbocycles. The van der Waals surface area contributed by atoms with Gasteiger partial charge in [0.15, 0.2) is 11.5 Å². The molecule has 1 aliphatic rings. The standard InChI is InChI=1S/C20H24ClN5O3/c21-16-3-1-2-4-17(16)29-10-14-6-5-13(7-8-15(28)9-27)26(14)20-18-19(23-11-22-18)24-12-25-20/h1-4,11-15,27-28H,5-10H2,(H,22,23,24,25)/t13-,14+,15?/m0/s1. The first-order chi connectivity index (χ1) is 14.2. The maximum absolute atomic E-state index is 9.81. The van der Waals surface area contributed by atoms with Crippen molar-refractivity contribution in [3.8, 4) is 5.75 Å². The number of benzene rings is 1. The summed E-state index contributed by atoms with van der Waals surface area (Å²) in [7, 11) is 0. The van der Waals surface area contributed by atoms with Gasteiger partial charge in [-0.2, -0.15) is 0 Å². The molecule has 0 saturated carbocycles. The molecule has 1 aliphatic heterocycles. The van der Waals surface area contributed by atoms with Crippen molar-refractivity contribution >= 4 is 28.6 Å². The van der Waals surface area contributed by atoms with Gasteiger partial charge in [-0.05, 0) is 37.8 Å². The number of hydrogen-bond donors (Lipinski definition) is 3. The van der Waals surface area contributed by atoms with Gasteiger partial charge in [0.1, 0.15) is 24.2 Å². The zero-order chi connectivity index (χ0) is 20.2. The number of aromatic nitrogens is 4. The number of nitrogens with one attached hydrogen (secondary N) is 1.